The Morgan fingerprint density at radius 1 is 0.838 bits per heavy atom. The molecule has 1 aliphatic rings. The molecule has 0 amide bonds. The average molecular weight is 519 g/mol. The minimum atomic E-state index is -4.00. The summed E-state index contributed by atoms with van der Waals surface area (Å²) in [6.07, 6.45) is 0. The molecule has 0 aliphatic carbocycles. The predicted octanol–water partition coefficient (Wildman–Crippen LogP) is 5.76. The van der Waals surface area contributed by atoms with E-state index >= 15 is 0 Å². The summed E-state index contributed by atoms with van der Waals surface area (Å²) in [5.41, 5.74) is 4.14. The summed E-state index contributed by atoms with van der Waals surface area (Å²) >= 11 is 0. The Hall–Kier alpha value is -4.04. The van der Waals surface area contributed by atoms with Gasteiger partial charge in [0.15, 0.2) is 0 Å². The number of benzene rings is 4. The molecule has 0 unspecified atom stereocenters. The van der Waals surface area contributed by atoms with Gasteiger partial charge < -0.3 is 14.4 Å². The lowest BCUT2D eigenvalue weighted by Crippen LogP contribution is -2.31. The molecular weight excluding hydrogens is 491 g/mol. The first kappa shape index (κ1) is 24.6. The van der Waals surface area contributed by atoms with Crippen molar-refractivity contribution in [3.8, 4) is 11.5 Å². The van der Waals surface area contributed by atoms with Crippen LogP contribution in [-0.4, -0.2) is 22.6 Å². The van der Waals surface area contributed by atoms with Crippen LogP contribution in [0.5, 0.6) is 11.5 Å². The van der Waals surface area contributed by atoms with E-state index in [4.69, 9.17) is 9.47 Å². The van der Waals surface area contributed by atoms with Gasteiger partial charge in [0, 0.05) is 30.4 Å². The predicted molar refractivity (Wildman–Crippen MR) is 142 cm³/mol. The topological polar surface area (TPSA) is 59.1 Å². The van der Waals surface area contributed by atoms with Crippen LogP contribution in [0.25, 0.3) is 0 Å². The Morgan fingerprint density at radius 3 is 2.27 bits per heavy atom. The van der Waals surface area contributed by atoms with Gasteiger partial charge in [0.05, 0.1) is 31.3 Å². The zero-order chi connectivity index (χ0) is 26.0. The van der Waals surface area contributed by atoms with Crippen LogP contribution in [0, 0.1) is 5.82 Å². The van der Waals surface area contributed by atoms with Crippen LogP contribution in [0.2, 0.25) is 0 Å². The first-order chi connectivity index (χ1) is 17.9. The molecule has 4 aromatic rings. The van der Waals surface area contributed by atoms with Crippen molar-refractivity contribution in [1.29, 1.82) is 0 Å². The zero-order valence-corrected chi connectivity index (χ0v) is 21.4. The van der Waals surface area contributed by atoms with Gasteiger partial charge in [0.1, 0.15) is 17.3 Å². The van der Waals surface area contributed by atoms with E-state index in [1.54, 1.807) is 37.4 Å². The summed E-state index contributed by atoms with van der Waals surface area (Å²) in [4.78, 5) is 2.39. The quantitative estimate of drug-likeness (QED) is 0.297. The second-order valence-electron chi connectivity index (χ2n) is 8.79. The molecule has 0 saturated carbocycles. The Labute approximate surface area is 216 Å². The van der Waals surface area contributed by atoms with E-state index in [0.717, 1.165) is 16.8 Å². The Bertz CT molecular complexity index is 1510. The Balaban J connectivity index is 1.52. The molecule has 0 aromatic heterocycles. The second-order valence-corrected chi connectivity index (χ2v) is 10.7. The molecular formula is C29H27FN2O4S. The summed E-state index contributed by atoms with van der Waals surface area (Å²) in [5, 5.41) is 0. The minimum Gasteiger partial charge on any atom is -0.497 e. The van der Waals surface area contributed by atoms with Crippen LogP contribution >= 0.6 is 0 Å². The number of ether oxygens (including phenoxy) is 2. The number of para-hydroxylation sites is 1. The largest absolute Gasteiger partial charge is 0.497 e. The van der Waals surface area contributed by atoms with Gasteiger partial charge in [-0.3, -0.25) is 4.31 Å². The highest BCUT2D eigenvalue weighted by molar-refractivity contribution is 7.92. The summed E-state index contributed by atoms with van der Waals surface area (Å²) in [5.74, 6) is 0.647. The molecule has 5 rings (SSSR count). The highest BCUT2D eigenvalue weighted by atomic mass is 32.2. The third-order valence-corrected chi connectivity index (χ3v) is 8.30. The SMILES string of the molecule is COc1ccc(CN(c2ccc(F)cc2)S(=O)(=O)c2ccc3c(c2)CN(c2ccccc2)C3)c(OC)c1. The number of rotatable bonds is 8. The Morgan fingerprint density at radius 2 is 1.57 bits per heavy atom. The van der Waals surface area contributed by atoms with Crippen molar-refractivity contribution in [2.75, 3.05) is 23.4 Å². The lowest BCUT2D eigenvalue weighted by Gasteiger charge is -2.26. The fourth-order valence-electron chi connectivity index (χ4n) is 4.54. The van der Waals surface area contributed by atoms with Crippen molar-refractivity contribution in [2.45, 2.75) is 24.5 Å². The lowest BCUT2D eigenvalue weighted by atomic mass is 10.1. The van der Waals surface area contributed by atoms with E-state index in [1.165, 1.54) is 35.7 Å². The maximum atomic E-state index is 14.0. The van der Waals surface area contributed by atoms with Gasteiger partial charge in [-0.25, -0.2) is 12.8 Å². The fourth-order valence-corrected chi connectivity index (χ4v) is 6.03. The average Bonchev–Trinajstić information content (AvgIpc) is 3.36. The highest BCUT2D eigenvalue weighted by Gasteiger charge is 2.29. The number of halogens is 1. The van der Waals surface area contributed by atoms with E-state index in [2.05, 4.69) is 4.90 Å². The molecule has 190 valence electrons. The fraction of sp³-hybridized carbons (Fsp3) is 0.172. The van der Waals surface area contributed by atoms with Crippen molar-refractivity contribution in [1.82, 2.24) is 0 Å². The van der Waals surface area contributed by atoms with Gasteiger partial charge in [-0.1, -0.05) is 24.3 Å². The van der Waals surface area contributed by atoms with E-state index in [9.17, 15) is 12.8 Å². The van der Waals surface area contributed by atoms with Gasteiger partial charge in [0.2, 0.25) is 0 Å². The van der Waals surface area contributed by atoms with Crippen molar-refractivity contribution in [3.63, 3.8) is 0 Å². The van der Waals surface area contributed by atoms with Gasteiger partial charge in [-0.15, -0.1) is 0 Å². The highest BCUT2D eigenvalue weighted by Crippen LogP contribution is 2.34. The normalized spacial score (nSPS) is 12.8. The molecule has 1 heterocycles. The van der Waals surface area contributed by atoms with Crippen LogP contribution in [0.4, 0.5) is 15.8 Å². The first-order valence-electron chi connectivity index (χ1n) is 11.8. The smallest absolute Gasteiger partial charge is 0.264 e. The number of fused-ring (bicyclic) bond motifs is 1. The molecule has 0 bridgehead atoms. The molecule has 0 N–H and O–H groups in total. The number of methoxy groups -OCH3 is 2. The van der Waals surface area contributed by atoms with Crippen LogP contribution in [-0.2, 0) is 29.7 Å². The molecule has 0 spiro atoms. The number of sulfonamides is 1. The summed E-state index contributed by atoms with van der Waals surface area (Å²) in [6, 6.07) is 26.0. The molecule has 4 aromatic carbocycles. The molecule has 0 fully saturated rings. The van der Waals surface area contributed by atoms with Gasteiger partial charge in [0.25, 0.3) is 10.0 Å². The van der Waals surface area contributed by atoms with Crippen LogP contribution in [0.1, 0.15) is 16.7 Å². The van der Waals surface area contributed by atoms with E-state index < -0.39 is 15.8 Å². The molecule has 37 heavy (non-hydrogen) atoms. The van der Waals surface area contributed by atoms with Crippen LogP contribution < -0.4 is 18.7 Å². The van der Waals surface area contributed by atoms with Crippen LogP contribution in [0.15, 0.2) is 95.9 Å². The second kappa shape index (κ2) is 10.1. The van der Waals surface area contributed by atoms with Crippen molar-refractivity contribution in [2.24, 2.45) is 0 Å². The van der Waals surface area contributed by atoms with E-state index in [0.29, 0.717) is 35.8 Å². The molecule has 0 atom stereocenters. The number of nitrogens with zero attached hydrogens (tertiary/aromatic N) is 2. The number of hydrogen-bond acceptors (Lipinski definition) is 5. The molecule has 0 radical (unpaired) electrons. The number of anilines is 2. The third kappa shape index (κ3) is 4.97. The van der Waals surface area contributed by atoms with Crippen molar-refractivity contribution in [3.05, 3.63) is 114 Å². The van der Waals surface area contributed by atoms with Crippen molar-refractivity contribution >= 4 is 21.4 Å². The third-order valence-electron chi connectivity index (χ3n) is 6.53. The first-order valence-corrected chi connectivity index (χ1v) is 13.2. The Kier molecular flexibility index (Phi) is 6.76. The summed E-state index contributed by atoms with van der Waals surface area (Å²) in [6.45, 7) is 1.32. The van der Waals surface area contributed by atoms with Crippen LogP contribution in [0.3, 0.4) is 0 Å². The van der Waals surface area contributed by atoms with Gasteiger partial charge in [-0.2, -0.15) is 0 Å². The molecule has 1 aliphatic heterocycles. The summed E-state index contributed by atoms with van der Waals surface area (Å²) < 4.78 is 53.9. The molecule has 6 nitrogen and oxygen atoms in total. The number of hydrogen-bond donors (Lipinski definition) is 0. The minimum absolute atomic E-state index is 0.00560. The van der Waals surface area contributed by atoms with Gasteiger partial charge >= 0.3 is 0 Å². The molecule has 0 saturated heterocycles. The lowest BCUT2D eigenvalue weighted by molar-refractivity contribution is 0.391. The van der Waals surface area contributed by atoms with Gasteiger partial charge in [-0.05, 0) is 71.8 Å². The monoisotopic (exact) mass is 518 g/mol. The maximum absolute atomic E-state index is 14.0. The standard InChI is InChI=1S/C29H27FN2O4S/c1-35-27-14-8-22(29(17-27)36-2)20-32(26-12-10-24(30)11-13-26)37(33,34)28-15-9-21-18-31(19-23(21)16-28)25-6-4-3-5-7-25/h3-17H,18-20H2,1-2H3. The maximum Gasteiger partial charge on any atom is 0.264 e. The summed E-state index contributed by atoms with van der Waals surface area (Å²) in [7, 11) is -0.930. The molecule has 8 heteroatoms. The van der Waals surface area contributed by atoms with E-state index in [-0.39, 0.29) is 11.4 Å². The van der Waals surface area contributed by atoms with Crippen molar-refractivity contribution < 1.29 is 22.3 Å². The van der Waals surface area contributed by atoms with E-state index in [1.807, 2.05) is 36.4 Å². The zero-order valence-electron chi connectivity index (χ0n) is 20.6.